The van der Waals surface area contributed by atoms with Crippen LogP contribution < -0.4 is 4.90 Å². The van der Waals surface area contributed by atoms with Gasteiger partial charge in [0.25, 0.3) is 0 Å². The molecule has 216 valence electrons. The summed E-state index contributed by atoms with van der Waals surface area (Å²) in [6, 6.07) is 65.7. The van der Waals surface area contributed by atoms with Crippen LogP contribution in [0.2, 0.25) is 0 Å². The van der Waals surface area contributed by atoms with Gasteiger partial charge in [0.1, 0.15) is 0 Å². The molecule has 0 unspecified atom stereocenters. The molecular weight excluding hydrogens is 556 g/mol. The van der Waals surface area contributed by atoms with E-state index >= 15 is 0 Å². The molecule has 2 heteroatoms. The zero-order valence-corrected chi connectivity index (χ0v) is 25.2. The largest absolute Gasteiger partial charge is 0.310 e. The van der Waals surface area contributed by atoms with E-state index in [1.807, 2.05) is 0 Å². The lowest BCUT2D eigenvalue weighted by molar-refractivity contribution is 1.18. The fourth-order valence-corrected chi connectivity index (χ4v) is 6.95. The molecule has 0 saturated heterocycles. The molecule has 0 fully saturated rings. The fraction of sp³-hybridized carbons (Fsp3) is 0. The summed E-state index contributed by atoms with van der Waals surface area (Å²) in [5.41, 5.74) is 9.42. The predicted molar refractivity (Wildman–Crippen MR) is 196 cm³/mol. The average molecular weight is 587 g/mol. The van der Waals surface area contributed by atoms with E-state index in [9.17, 15) is 0 Å². The Balaban J connectivity index is 1.12. The number of aromatic nitrogens is 1. The van der Waals surface area contributed by atoms with E-state index in [0.717, 1.165) is 22.7 Å². The molecule has 9 aromatic rings. The van der Waals surface area contributed by atoms with Crippen LogP contribution in [0.5, 0.6) is 0 Å². The van der Waals surface area contributed by atoms with E-state index in [2.05, 4.69) is 191 Å². The molecule has 0 bridgehead atoms. The van der Waals surface area contributed by atoms with E-state index in [-0.39, 0.29) is 0 Å². The number of anilines is 3. The van der Waals surface area contributed by atoms with Crippen LogP contribution in [0.15, 0.2) is 182 Å². The van der Waals surface area contributed by atoms with Crippen LogP contribution in [-0.4, -0.2) is 4.57 Å². The Labute approximate surface area is 268 Å². The molecule has 1 aromatic heterocycles. The fourth-order valence-electron chi connectivity index (χ4n) is 6.95. The first kappa shape index (κ1) is 26.3. The molecule has 0 aliphatic heterocycles. The Kier molecular flexibility index (Phi) is 6.17. The van der Waals surface area contributed by atoms with Crippen LogP contribution >= 0.6 is 0 Å². The number of rotatable bonds is 5. The van der Waals surface area contributed by atoms with Crippen molar-refractivity contribution >= 4 is 60.4 Å². The Morgan fingerprint density at radius 2 is 0.870 bits per heavy atom. The molecule has 46 heavy (non-hydrogen) atoms. The first-order chi connectivity index (χ1) is 22.8. The van der Waals surface area contributed by atoms with Crippen molar-refractivity contribution in [1.82, 2.24) is 4.57 Å². The summed E-state index contributed by atoms with van der Waals surface area (Å²) in [7, 11) is 0. The molecule has 0 aliphatic rings. The van der Waals surface area contributed by atoms with Gasteiger partial charge in [-0.15, -0.1) is 0 Å². The van der Waals surface area contributed by atoms with Gasteiger partial charge in [-0.1, -0.05) is 127 Å². The molecular formula is C44H30N2. The predicted octanol–water partition coefficient (Wildman–Crippen LogP) is 12.2. The van der Waals surface area contributed by atoms with Crippen molar-refractivity contribution in [3.05, 3.63) is 182 Å². The lowest BCUT2D eigenvalue weighted by atomic mass is 10.0. The van der Waals surface area contributed by atoms with Gasteiger partial charge in [0.2, 0.25) is 0 Å². The topological polar surface area (TPSA) is 8.17 Å². The average Bonchev–Trinajstić information content (AvgIpc) is 3.47. The van der Waals surface area contributed by atoms with E-state index in [1.165, 1.54) is 54.5 Å². The van der Waals surface area contributed by atoms with E-state index < -0.39 is 0 Å². The van der Waals surface area contributed by atoms with E-state index in [1.54, 1.807) is 0 Å². The number of hydrogen-bond donors (Lipinski definition) is 0. The van der Waals surface area contributed by atoms with Crippen LogP contribution in [0.4, 0.5) is 17.1 Å². The molecule has 0 aliphatic carbocycles. The second-order valence-corrected chi connectivity index (χ2v) is 11.8. The molecule has 0 amide bonds. The second kappa shape index (κ2) is 10.8. The van der Waals surface area contributed by atoms with Gasteiger partial charge in [-0.3, -0.25) is 0 Å². The molecule has 0 N–H and O–H groups in total. The summed E-state index contributed by atoms with van der Waals surface area (Å²) in [6.45, 7) is 0. The zero-order valence-electron chi connectivity index (χ0n) is 25.2. The number of fused-ring (bicyclic) bond motifs is 5. The van der Waals surface area contributed by atoms with Crippen LogP contribution in [0, 0.1) is 0 Å². The Hall–Kier alpha value is -6.12. The van der Waals surface area contributed by atoms with Gasteiger partial charge in [-0.05, 0) is 81.9 Å². The van der Waals surface area contributed by atoms with Gasteiger partial charge in [0, 0.05) is 33.2 Å². The number of nitrogens with zero attached hydrogens (tertiary/aromatic N) is 2. The summed E-state index contributed by atoms with van der Waals surface area (Å²) >= 11 is 0. The molecule has 1 heterocycles. The monoisotopic (exact) mass is 586 g/mol. The highest BCUT2D eigenvalue weighted by atomic mass is 15.1. The van der Waals surface area contributed by atoms with Crippen molar-refractivity contribution in [1.29, 1.82) is 0 Å². The molecule has 8 aromatic carbocycles. The van der Waals surface area contributed by atoms with Crippen LogP contribution in [0.25, 0.3) is 60.2 Å². The van der Waals surface area contributed by atoms with Gasteiger partial charge in [-0.2, -0.15) is 0 Å². The lowest BCUT2D eigenvalue weighted by Gasteiger charge is -2.27. The SMILES string of the molecule is c1ccc2cc(N(c3ccc(-c4ccc(-n5c6ccccc6c6ccccc65)cc4)cc3)c3cccc4ccccc34)ccc2c1. The minimum Gasteiger partial charge on any atom is -0.310 e. The van der Waals surface area contributed by atoms with E-state index in [4.69, 9.17) is 0 Å². The van der Waals surface area contributed by atoms with Crippen molar-refractivity contribution in [2.24, 2.45) is 0 Å². The molecule has 0 radical (unpaired) electrons. The van der Waals surface area contributed by atoms with Crippen molar-refractivity contribution in [2.45, 2.75) is 0 Å². The maximum absolute atomic E-state index is 2.38. The molecule has 2 nitrogen and oxygen atoms in total. The Morgan fingerprint density at radius 3 is 1.57 bits per heavy atom. The van der Waals surface area contributed by atoms with Crippen LogP contribution in [-0.2, 0) is 0 Å². The van der Waals surface area contributed by atoms with E-state index in [0.29, 0.717) is 0 Å². The highest BCUT2D eigenvalue weighted by molar-refractivity contribution is 6.09. The van der Waals surface area contributed by atoms with Gasteiger partial charge in [0.05, 0.1) is 16.7 Å². The normalized spacial score (nSPS) is 11.5. The summed E-state index contributed by atoms with van der Waals surface area (Å²) in [5, 5.41) is 7.47. The lowest BCUT2D eigenvalue weighted by Crippen LogP contribution is -2.10. The molecule has 9 rings (SSSR count). The standard InChI is InChI=1S/C44H30N2/c1-2-12-35-30-38(29-24-31(35)10-1)45(42-19-9-13-34-11-3-4-14-39(34)42)36-25-20-32(21-26-36)33-22-27-37(28-23-33)46-43-17-7-5-15-40(43)41-16-6-8-18-44(41)46/h1-30H. The van der Waals surface area contributed by atoms with Gasteiger partial charge in [0.15, 0.2) is 0 Å². The van der Waals surface area contributed by atoms with Gasteiger partial charge >= 0.3 is 0 Å². The van der Waals surface area contributed by atoms with Crippen molar-refractivity contribution in [3.63, 3.8) is 0 Å². The second-order valence-electron chi connectivity index (χ2n) is 11.8. The van der Waals surface area contributed by atoms with Gasteiger partial charge in [-0.25, -0.2) is 0 Å². The van der Waals surface area contributed by atoms with Crippen LogP contribution in [0.1, 0.15) is 0 Å². The number of benzene rings is 8. The van der Waals surface area contributed by atoms with Crippen molar-refractivity contribution in [2.75, 3.05) is 4.90 Å². The molecule has 0 atom stereocenters. The Bertz CT molecular complexity index is 2460. The van der Waals surface area contributed by atoms with Crippen LogP contribution in [0.3, 0.4) is 0 Å². The minimum absolute atomic E-state index is 1.12. The summed E-state index contributed by atoms with van der Waals surface area (Å²) in [6.07, 6.45) is 0. The first-order valence-corrected chi connectivity index (χ1v) is 15.8. The molecule has 0 saturated carbocycles. The summed E-state index contributed by atoms with van der Waals surface area (Å²) in [4.78, 5) is 2.38. The zero-order chi connectivity index (χ0) is 30.5. The summed E-state index contributed by atoms with van der Waals surface area (Å²) in [5.74, 6) is 0. The third-order valence-corrected chi connectivity index (χ3v) is 9.16. The number of para-hydroxylation sites is 2. The first-order valence-electron chi connectivity index (χ1n) is 15.8. The summed E-state index contributed by atoms with van der Waals surface area (Å²) < 4.78 is 2.36. The minimum atomic E-state index is 1.12. The van der Waals surface area contributed by atoms with Gasteiger partial charge < -0.3 is 9.47 Å². The smallest absolute Gasteiger partial charge is 0.0541 e. The molecule has 0 spiro atoms. The highest BCUT2D eigenvalue weighted by Gasteiger charge is 2.16. The number of hydrogen-bond acceptors (Lipinski definition) is 1. The quantitative estimate of drug-likeness (QED) is 0.195. The van der Waals surface area contributed by atoms with Crippen molar-refractivity contribution in [3.8, 4) is 16.8 Å². The maximum Gasteiger partial charge on any atom is 0.0541 e. The third-order valence-electron chi connectivity index (χ3n) is 9.16. The van der Waals surface area contributed by atoms with Crippen molar-refractivity contribution < 1.29 is 0 Å². The Morgan fingerprint density at radius 1 is 0.348 bits per heavy atom. The third kappa shape index (κ3) is 4.35. The maximum atomic E-state index is 2.38. The highest BCUT2D eigenvalue weighted by Crippen LogP contribution is 2.40.